The van der Waals surface area contributed by atoms with Gasteiger partial charge in [0.1, 0.15) is 11.6 Å². The van der Waals surface area contributed by atoms with Crippen LogP contribution >= 0.6 is 0 Å². The Balaban J connectivity index is 1.78. The highest BCUT2D eigenvalue weighted by Crippen LogP contribution is 2.46. The molecule has 3 nitrogen and oxygen atoms in total. The van der Waals surface area contributed by atoms with Gasteiger partial charge in [-0.2, -0.15) is 5.10 Å². The average molecular weight is 297 g/mol. The second-order valence-electron chi connectivity index (χ2n) is 5.42. The zero-order valence-corrected chi connectivity index (χ0v) is 11.8. The molecule has 2 N–H and O–H groups in total. The van der Waals surface area contributed by atoms with Gasteiger partial charge >= 0.3 is 0 Å². The van der Waals surface area contributed by atoms with Gasteiger partial charge in [-0.05, 0) is 17.7 Å². The zero-order valence-electron chi connectivity index (χ0n) is 11.8. The van der Waals surface area contributed by atoms with Gasteiger partial charge in [0.05, 0.1) is 11.4 Å². The fourth-order valence-electron chi connectivity index (χ4n) is 3.05. The topological polar surface area (TPSA) is 40.7 Å². The lowest BCUT2D eigenvalue weighted by Crippen LogP contribution is -2.00. The molecule has 0 amide bonds. The molecule has 1 heterocycles. The summed E-state index contributed by atoms with van der Waals surface area (Å²) in [6, 6.07) is 11.4. The molecule has 2 aromatic carbocycles. The smallest absolute Gasteiger partial charge is 0.156 e. The van der Waals surface area contributed by atoms with E-state index in [1.165, 1.54) is 5.56 Å². The van der Waals surface area contributed by atoms with E-state index in [-0.39, 0.29) is 11.6 Å². The Morgan fingerprint density at radius 2 is 1.95 bits per heavy atom. The highest BCUT2D eigenvalue weighted by molar-refractivity contribution is 5.81. The Kier molecular flexibility index (Phi) is 2.76. The molecule has 1 aromatic heterocycles. The molecular formula is C17H13F2N3. The molecule has 4 rings (SSSR count). The van der Waals surface area contributed by atoms with Gasteiger partial charge < -0.3 is 5.32 Å². The van der Waals surface area contributed by atoms with E-state index in [1.807, 2.05) is 18.2 Å². The van der Waals surface area contributed by atoms with Crippen LogP contribution in [0.5, 0.6) is 0 Å². The SMILES string of the molecule is CC1c2ccccc2-c2[nH]nc(Nc3cc(F)ccc3F)c21. The Morgan fingerprint density at radius 3 is 2.82 bits per heavy atom. The minimum atomic E-state index is -0.513. The minimum Gasteiger partial charge on any atom is -0.336 e. The third-order valence-electron chi connectivity index (χ3n) is 4.12. The van der Waals surface area contributed by atoms with Gasteiger partial charge in [-0.25, -0.2) is 8.78 Å². The van der Waals surface area contributed by atoms with Crippen molar-refractivity contribution in [3.05, 3.63) is 65.2 Å². The van der Waals surface area contributed by atoms with Crippen LogP contribution in [0.1, 0.15) is 24.0 Å². The molecule has 22 heavy (non-hydrogen) atoms. The van der Waals surface area contributed by atoms with Gasteiger partial charge in [-0.15, -0.1) is 0 Å². The number of aromatic nitrogens is 2. The maximum atomic E-state index is 13.8. The summed E-state index contributed by atoms with van der Waals surface area (Å²) in [4.78, 5) is 0. The summed E-state index contributed by atoms with van der Waals surface area (Å²) in [6.45, 7) is 2.08. The number of halogens is 2. The van der Waals surface area contributed by atoms with Crippen molar-refractivity contribution in [1.29, 1.82) is 0 Å². The van der Waals surface area contributed by atoms with E-state index in [1.54, 1.807) is 0 Å². The van der Waals surface area contributed by atoms with Crippen molar-refractivity contribution in [3.8, 4) is 11.3 Å². The minimum absolute atomic E-state index is 0.0810. The van der Waals surface area contributed by atoms with Gasteiger partial charge in [0.25, 0.3) is 0 Å². The zero-order chi connectivity index (χ0) is 15.3. The molecule has 0 aliphatic heterocycles. The molecule has 0 radical (unpaired) electrons. The predicted molar refractivity (Wildman–Crippen MR) is 81.2 cm³/mol. The second kappa shape index (κ2) is 4.66. The average Bonchev–Trinajstić information content (AvgIpc) is 3.05. The van der Waals surface area contributed by atoms with E-state index in [4.69, 9.17) is 0 Å². The van der Waals surface area contributed by atoms with Crippen LogP contribution in [-0.2, 0) is 0 Å². The standard InChI is InChI=1S/C17H13F2N3/c1-9-11-4-2-3-5-12(11)16-15(9)17(22-21-16)20-14-8-10(18)6-7-13(14)19/h2-9H,1H3,(H2,20,21,22). The van der Waals surface area contributed by atoms with Gasteiger partial charge in [-0.3, -0.25) is 5.10 Å². The van der Waals surface area contributed by atoms with Crippen molar-refractivity contribution in [2.75, 3.05) is 5.32 Å². The van der Waals surface area contributed by atoms with E-state index >= 15 is 0 Å². The van der Waals surface area contributed by atoms with Gasteiger partial charge in [-0.1, -0.05) is 31.2 Å². The number of H-pyrrole nitrogens is 1. The molecule has 0 saturated heterocycles. The summed E-state index contributed by atoms with van der Waals surface area (Å²) >= 11 is 0. The van der Waals surface area contributed by atoms with Crippen LogP contribution in [0.3, 0.4) is 0 Å². The van der Waals surface area contributed by atoms with E-state index in [0.29, 0.717) is 5.82 Å². The fourth-order valence-corrected chi connectivity index (χ4v) is 3.05. The van der Waals surface area contributed by atoms with Crippen LogP contribution in [0.15, 0.2) is 42.5 Å². The number of rotatable bonds is 2. The highest BCUT2D eigenvalue weighted by Gasteiger charge is 2.30. The highest BCUT2D eigenvalue weighted by atomic mass is 19.1. The van der Waals surface area contributed by atoms with Crippen LogP contribution < -0.4 is 5.32 Å². The van der Waals surface area contributed by atoms with Gasteiger partial charge in [0.15, 0.2) is 5.82 Å². The van der Waals surface area contributed by atoms with Crippen LogP contribution in [0.2, 0.25) is 0 Å². The lowest BCUT2D eigenvalue weighted by molar-refractivity contribution is 0.603. The lowest BCUT2D eigenvalue weighted by Gasteiger charge is -2.10. The summed E-state index contributed by atoms with van der Waals surface area (Å²) < 4.78 is 27.1. The van der Waals surface area contributed by atoms with Crippen LogP contribution in [0, 0.1) is 11.6 Å². The quantitative estimate of drug-likeness (QED) is 0.727. The molecule has 1 atom stereocenters. The molecule has 3 aromatic rings. The van der Waals surface area contributed by atoms with Crippen LogP contribution in [-0.4, -0.2) is 10.2 Å². The lowest BCUT2D eigenvalue weighted by atomic mass is 10.00. The molecule has 0 spiro atoms. The van der Waals surface area contributed by atoms with Crippen molar-refractivity contribution in [2.45, 2.75) is 12.8 Å². The molecule has 0 bridgehead atoms. The van der Waals surface area contributed by atoms with Crippen LogP contribution in [0.4, 0.5) is 20.3 Å². The van der Waals surface area contributed by atoms with Crippen molar-refractivity contribution >= 4 is 11.5 Å². The summed E-state index contributed by atoms with van der Waals surface area (Å²) in [5, 5.41) is 10.1. The van der Waals surface area contributed by atoms with Crippen molar-refractivity contribution in [1.82, 2.24) is 10.2 Å². The Morgan fingerprint density at radius 1 is 1.14 bits per heavy atom. The molecule has 0 saturated carbocycles. The first-order valence-electron chi connectivity index (χ1n) is 7.05. The van der Waals surface area contributed by atoms with Gasteiger partial charge in [0, 0.05) is 23.1 Å². The van der Waals surface area contributed by atoms with E-state index < -0.39 is 11.6 Å². The predicted octanol–water partition coefficient (Wildman–Crippen LogP) is 4.56. The number of aromatic amines is 1. The van der Waals surface area contributed by atoms with Crippen molar-refractivity contribution < 1.29 is 8.78 Å². The maximum absolute atomic E-state index is 13.8. The van der Waals surface area contributed by atoms with Crippen LogP contribution in [0.25, 0.3) is 11.3 Å². The van der Waals surface area contributed by atoms with E-state index in [0.717, 1.165) is 35.0 Å². The monoisotopic (exact) mass is 297 g/mol. The first-order chi connectivity index (χ1) is 10.6. The Hall–Kier alpha value is -2.69. The van der Waals surface area contributed by atoms with Crippen molar-refractivity contribution in [2.24, 2.45) is 0 Å². The number of fused-ring (bicyclic) bond motifs is 3. The maximum Gasteiger partial charge on any atom is 0.156 e. The number of nitrogens with one attached hydrogen (secondary N) is 2. The third-order valence-corrected chi connectivity index (χ3v) is 4.12. The number of nitrogens with zero attached hydrogens (tertiary/aromatic N) is 1. The normalized spacial score (nSPS) is 15.5. The summed E-state index contributed by atoms with van der Waals surface area (Å²) in [5.74, 6) is -0.332. The van der Waals surface area contributed by atoms with Gasteiger partial charge in [0.2, 0.25) is 0 Å². The Labute approximate surface area is 126 Å². The largest absolute Gasteiger partial charge is 0.336 e. The van der Waals surface area contributed by atoms with E-state index in [2.05, 4.69) is 28.5 Å². The summed E-state index contributed by atoms with van der Waals surface area (Å²) in [7, 11) is 0. The molecule has 1 aliphatic carbocycles. The number of hydrogen-bond acceptors (Lipinski definition) is 2. The molecule has 1 aliphatic rings. The molecule has 5 heteroatoms. The summed E-state index contributed by atoms with van der Waals surface area (Å²) in [5.41, 5.74) is 4.30. The molecule has 1 unspecified atom stereocenters. The first-order valence-corrected chi connectivity index (χ1v) is 7.05. The Bertz CT molecular complexity index is 870. The summed E-state index contributed by atoms with van der Waals surface area (Å²) in [6.07, 6.45) is 0. The number of hydrogen-bond donors (Lipinski definition) is 2. The molecule has 0 fully saturated rings. The number of anilines is 2. The molecule has 110 valence electrons. The first kappa shape index (κ1) is 13.0. The molecular weight excluding hydrogens is 284 g/mol. The fraction of sp³-hybridized carbons (Fsp3) is 0.118. The third kappa shape index (κ3) is 1.82. The van der Waals surface area contributed by atoms with E-state index in [9.17, 15) is 8.78 Å². The van der Waals surface area contributed by atoms with Crippen molar-refractivity contribution in [3.63, 3.8) is 0 Å². The second-order valence-corrected chi connectivity index (χ2v) is 5.42. The number of benzene rings is 2.